The highest BCUT2D eigenvalue weighted by Gasteiger charge is 2.28. The maximum atomic E-state index is 12.7. The number of nitriles is 1. The predicted molar refractivity (Wildman–Crippen MR) is 77.5 cm³/mol. The molecule has 0 aromatic heterocycles. The number of benzene rings is 1. The lowest BCUT2D eigenvalue weighted by Gasteiger charge is -2.20. The van der Waals surface area contributed by atoms with E-state index in [4.69, 9.17) is 5.26 Å². The van der Waals surface area contributed by atoms with E-state index < -0.39 is 10.0 Å². The molecule has 0 radical (unpaired) electrons. The molecule has 1 unspecified atom stereocenters. The molecule has 0 bridgehead atoms. The lowest BCUT2D eigenvalue weighted by atomic mass is 9.98. The van der Waals surface area contributed by atoms with Crippen molar-refractivity contribution >= 4 is 10.0 Å². The second-order valence-corrected chi connectivity index (χ2v) is 7.12. The molecule has 2 rings (SSSR count). The van der Waals surface area contributed by atoms with Crippen LogP contribution in [0.25, 0.3) is 0 Å². The van der Waals surface area contributed by atoms with Gasteiger partial charge in [-0.25, -0.2) is 8.42 Å². The summed E-state index contributed by atoms with van der Waals surface area (Å²) >= 11 is 0. The Morgan fingerprint density at radius 1 is 1.30 bits per heavy atom. The van der Waals surface area contributed by atoms with E-state index in [1.165, 1.54) is 6.07 Å². The van der Waals surface area contributed by atoms with Crippen molar-refractivity contribution in [3.63, 3.8) is 0 Å². The summed E-state index contributed by atoms with van der Waals surface area (Å²) in [5.74, 6) is 0.612. The van der Waals surface area contributed by atoms with E-state index in [-0.39, 0.29) is 10.5 Å². The van der Waals surface area contributed by atoms with E-state index in [2.05, 4.69) is 6.92 Å². The van der Waals surface area contributed by atoms with Crippen LogP contribution in [0.2, 0.25) is 0 Å². The predicted octanol–water partition coefficient (Wildman–Crippen LogP) is 2.76. The molecule has 5 heteroatoms. The quantitative estimate of drug-likeness (QED) is 0.860. The molecular formula is C15H20N2O2S. The van der Waals surface area contributed by atoms with E-state index in [0.29, 0.717) is 19.0 Å². The summed E-state index contributed by atoms with van der Waals surface area (Å²) in [4.78, 5) is 0.137. The highest BCUT2D eigenvalue weighted by Crippen LogP contribution is 2.26. The SMILES string of the molecule is CCC1CCCN(S(=O)(=O)c2ccccc2C#N)CC1. The van der Waals surface area contributed by atoms with Gasteiger partial charge in [-0.1, -0.05) is 25.5 Å². The smallest absolute Gasteiger partial charge is 0.207 e. The van der Waals surface area contributed by atoms with Crippen molar-refractivity contribution < 1.29 is 8.42 Å². The molecule has 1 aromatic rings. The molecule has 1 saturated heterocycles. The van der Waals surface area contributed by atoms with Gasteiger partial charge in [0.2, 0.25) is 10.0 Å². The van der Waals surface area contributed by atoms with Crippen molar-refractivity contribution in [1.82, 2.24) is 4.31 Å². The van der Waals surface area contributed by atoms with Gasteiger partial charge in [-0.2, -0.15) is 9.57 Å². The van der Waals surface area contributed by atoms with E-state index in [0.717, 1.165) is 25.7 Å². The molecule has 1 aromatic carbocycles. The zero-order valence-electron chi connectivity index (χ0n) is 11.7. The van der Waals surface area contributed by atoms with Gasteiger partial charge >= 0.3 is 0 Å². The summed E-state index contributed by atoms with van der Waals surface area (Å²) in [6.07, 6.45) is 3.99. The first kappa shape index (κ1) is 15.0. The highest BCUT2D eigenvalue weighted by molar-refractivity contribution is 7.89. The number of hydrogen-bond donors (Lipinski definition) is 0. The van der Waals surface area contributed by atoms with Crippen LogP contribution >= 0.6 is 0 Å². The molecule has 1 heterocycles. The first-order valence-electron chi connectivity index (χ1n) is 7.09. The van der Waals surface area contributed by atoms with Crippen molar-refractivity contribution in [3.05, 3.63) is 29.8 Å². The molecule has 108 valence electrons. The van der Waals surface area contributed by atoms with Crippen molar-refractivity contribution in [2.24, 2.45) is 5.92 Å². The maximum absolute atomic E-state index is 12.7. The Kier molecular flexibility index (Phi) is 4.79. The maximum Gasteiger partial charge on any atom is 0.244 e. The van der Waals surface area contributed by atoms with E-state index >= 15 is 0 Å². The fourth-order valence-electron chi connectivity index (χ4n) is 2.71. The zero-order chi connectivity index (χ0) is 14.6. The monoisotopic (exact) mass is 292 g/mol. The van der Waals surface area contributed by atoms with Gasteiger partial charge in [0.1, 0.15) is 6.07 Å². The van der Waals surface area contributed by atoms with Crippen LogP contribution in [-0.2, 0) is 10.0 Å². The van der Waals surface area contributed by atoms with Crippen LogP contribution in [0.15, 0.2) is 29.2 Å². The summed E-state index contributed by atoms with van der Waals surface area (Å²) in [5.41, 5.74) is 0.226. The lowest BCUT2D eigenvalue weighted by molar-refractivity contribution is 0.407. The van der Waals surface area contributed by atoms with Crippen LogP contribution in [-0.4, -0.2) is 25.8 Å². The topological polar surface area (TPSA) is 61.2 Å². The fourth-order valence-corrected chi connectivity index (χ4v) is 4.35. The van der Waals surface area contributed by atoms with Gasteiger partial charge in [0.05, 0.1) is 10.5 Å². The van der Waals surface area contributed by atoms with Gasteiger partial charge < -0.3 is 0 Å². The van der Waals surface area contributed by atoms with Gasteiger partial charge in [-0.05, 0) is 37.3 Å². The van der Waals surface area contributed by atoms with Crippen LogP contribution in [0.3, 0.4) is 0 Å². The molecule has 1 aliphatic rings. The Bertz CT molecular complexity index is 605. The van der Waals surface area contributed by atoms with Crippen molar-refractivity contribution in [1.29, 1.82) is 5.26 Å². The van der Waals surface area contributed by atoms with Gasteiger partial charge in [-0.3, -0.25) is 0 Å². The van der Waals surface area contributed by atoms with Crippen molar-refractivity contribution in [2.45, 2.75) is 37.5 Å². The van der Waals surface area contributed by atoms with E-state index in [1.807, 2.05) is 6.07 Å². The molecule has 0 aliphatic carbocycles. The molecular weight excluding hydrogens is 272 g/mol. The van der Waals surface area contributed by atoms with Gasteiger partial charge in [-0.15, -0.1) is 0 Å². The fraction of sp³-hybridized carbons (Fsp3) is 0.533. The average Bonchev–Trinajstić information content (AvgIpc) is 2.73. The normalized spacial score (nSPS) is 21.1. The molecule has 1 aliphatic heterocycles. The summed E-state index contributed by atoms with van der Waals surface area (Å²) in [6, 6.07) is 8.40. The molecule has 20 heavy (non-hydrogen) atoms. The zero-order valence-corrected chi connectivity index (χ0v) is 12.6. The summed E-state index contributed by atoms with van der Waals surface area (Å²) in [6.45, 7) is 3.26. The number of sulfonamides is 1. The second kappa shape index (κ2) is 6.38. The third-order valence-electron chi connectivity index (χ3n) is 4.01. The van der Waals surface area contributed by atoms with Gasteiger partial charge in [0.15, 0.2) is 0 Å². The molecule has 0 N–H and O–H groups in total. The average molecular weight is 292 g/mol. The molecule has 0 saturated carbocycles. The van der Waals surface area contributed by atoms with Crippen molar-refractivity contribution in [2.75, 3.05) is 13.1 Å². The Labute approximate surface area is 121 Å². The Morgan fingerprint density at radius 2 is 2.05 bits per heavy atom. The highest BCUT2D eigenvalue weighted by atomic mass is 32.2. The molecule has 0 spiro atoms. The second-order valence-electron chi connectivity index (χ2n) is 5.22. The first-order chi connectivity index (χ1) is 9.59. The molecule has 1 atom stereocenters. The largest absolute Gasteiger partial charge is 0.244 e. The first-order valence-corrected chi connectivity index (χ1v) is 8.53. The number of rotatable bonds is 3. The molecule has 1 fully saturated rings. The summed E-state index contributed by atoms with van der Waals surface area (Å²) < 4.78 is 26.9. The van der Waals surface area contributed by atoms with Crippen LogP contribution in [0.1, 0.15) is 38.2 Å². The van der Waals surface area contributed by atoms with Crippen LogP contribution in [0, 0.1) is 17.2 Å². The van der Waals surface area contributed by atoms with E-state index in [1.54, 1.807) is 22.5 Å². The standard InChI is InChI=1S/C15H20N2O2S/c1-2-13-6-5-10-17(11-9-13)20(18,19)15-8-4-3-7-14(15)12-16/h3-4,7-8,13H,2,5-6,9-11H2,1H3. The lowest BCUT2D eigenvalue weighted by Crippen LogP contribution is -2.32. The minimum atomic E-state index is -3.55. The number of nitrogens with zero attached hydrogens (tertiary/aromatic N) is 2. The number of hydrogen-bond acceptors (Lipinski definition) is 3. The molecule has 4 nitrogen and oxygen atoms in total. The summed E-state index contributed by atoms with van der Waals surface area (Å²) in [7, 11) is -3.55. The minimum absolute atomic E-state index is 0.137. The Hall–Kier alpha value is -1.38. The van der Waals surface area contributed by atoms with Crippen molar-refractivity contribution in [3.8, 4) is 6.07 Å². The van der Waals surface area contributed by atoms with E-state index in [9.17, 15) is 8.42 Å². The third-order valence-corrected chi connectivity index (χ3v) is 5.97. The van der Waals surface area contributed by atoms with Crippen LogP contribution in [0.4, 0.5) is 0 Å². The minimum Gasteiger partial charge on any atom is -0.207 e. The van der Waals surface area contributed by atoms with Crippen LogP contribution < -0.4 is 0 Å². The van der Waals surface area contributed by atoms with Gasteiger partial charge in [0.25, 0.3) is 0 Å². The summed E-state index contributed by atoms with van der Waals surface area (Å²) in [5, 5.41) is 9.08. The molecule has 0 amide bonds. The van der Waals surface area contributed by atoms with Gasteiger partial charge in [0, 0.05) is 13.1 Å². The Morgan fingerprint density at radius 3 is 2.75 bits per heavy atom. The van der Waals surface area contributed by atoms with Crippen LogP contribution in [0.5, 0.6) is 0 Å². The third kappa shape index (κ3) is 3.02. The Balaban J connectivity index is 2.29.